The third-order valence-electron chi connectivity index (χ3n) is 4.13. The number of imidazole rings is 1. The first-order chi connectivity index (χ1) is 12.5. The molecule has 0 radical (unpaired) electrons. The second kappa shape index (κ2) is 6.71. The van der Waals surface area contributed by atoms with Crippen molar-refractivity contribution in [3.8, 4) is 11.3 Å². The lowest BCUT2D eigenvalue weighted by Gasteiger charge is -2.11. The van der Waals surface area contributed by atoms with Gasteiger partial charge in [0.15, 0.2) is 10.7 Å². The first kappa shape index (κ1) is 17.0. The summed E-state index contributed by atoms with van der Waals surface area (Å²) in [6, 6.07) is 4.53. The number of rotatable bonds is 5. The van der Waals surface area contributed by atoms with Crippen molar-refractivity contribution < 1.29 is 17.5 Å². The van der Waals surface area contributed by atoms with E-state index in [1.54, 1.807) is 12.1 Å². The van der Waals surface area contributed by atoms with E-state index in [1.807, 2.05) is 0 Å². The largest absolute Gasteiger partial charge is 0.377 e. The maximum atomic E-state index is 13.4. The van der Waals surface area contributed by atoms with E-state index in [-0.39, 0.29) is 17.7 Å². The van der Waals surface area contributed by atoms with Crippen molar-refractivity contribution in [3.05, 3.63) is 42.6 Å². The molecule has 0 aromatic carbocycles. The van der Waals surface area contributed by atoms with Crippen molar-refractivity contribution in [1.82, 2.24) is 24.3 Å². The Kier molecular flexibility index (Phi) is 4.39. The molecular weight excluding hydrogens is 361 g/mol. The molecule has 0 aliphatic carbocycles. The van der Waals surface area contributed by atoms with Crippen molar-refractivity contribution in [2.75, 3.05) is 13.2 Å². The summed E-state index contributed by atoms with van der Waals surface area (Å²) in [5.41, 5.74) is 1.20. The van der Waals surface area contributed by atoms with Crippen LogP contribution >= 0.6 is 0 Å². The molecule has 1 N–H and O–H groups in total. The molecule has 4 rings (SSSR count). The molecule has 26 heavy (non-hydrogen) atoms. The lowest BCUT2D eigenvalue weighted by atomic mass is 10.2. The Morgan fingerprint density at radius 3 is 2.96 bits per heavy atom. The zero-order valence-corrected chi connectivity index (χ0v) is 14.5. The fraction of sp³-hybridized carbons (Fsp3) is 0.312. The number of aromatic nitrogens is 4. The molecule has 10 heteroatoms. The number of pyridine rings is 1. The second-order valence-corrected chi connectivity index (χ2v) is 7.68. The van der Waals surface area contributed by atoms with E-state index >= 15 is 0 Å². The average molecular weight is 377 g/mol. The van der Waals surface area contributed by atoms with Gasteiger partial charge in [0, 0.05) is 24.9 Å². The number of nitrogens with zero attached hydrogens (tertiary/aromatic N) is 4. The van der Waals surface area contributed by atoms with Crippen molar-refractivity contribution in [3.63, 3.8) is 0 Å². The van der Waals surface area contributed by atoms with Crippen molar-refractivity contribution in [2.24, 2.45) is 0 Å². The number of nitrogens with one attached hydrogen (secondary N) is 1. The van der Waals surface area contributed by atoms with Crippen LogP contribution < -0.4 is 4.72 Å². The van der Waals surface area contributed by atoms with Crippen LogP contribution in [0.4, 0.5) is 4.39 Å². The molecule has 1 aliphatic heterocycles. The third kappa shape index (κ3) is 3.30. The van der Waals surface area contributed by atoms with Gasteiger partial charge < -0.3 is 4.74 Å². The van der Waals surface area contributed by atoms with Gasteiger partial charge in [-0.1, -0.05) is 0 Å². The Balaban J connectivity index is 1.67. The van der Waals surface area contributed by atoms with Crippen LogP contribution in [-0.4, -0.2) is 47.3 Å². The molecule has 1 aliphatic rings. The topological polar surface area (TPSA) is 98.5 Å². The molecule has 0 bridgehead atoms. The summed E-state index contributed by atoms with van der Waals surface area (Å²) in [6.07, 6.45) is 5.42. The number of halogens is 1. The van der Waals surface area contributed by atoms with Crippen LogP contribution in [0.3, 0.4) is 0 Å². The molecule has 0 spiro atoms. The van der Waals surface area contributed by atoms with E-state index in [9.17, 15) is 12.8 Å². The molecule has 136 valence electrons. The minimum Gasteiger partial charge on any atom is -0.377 e. The first-order valence-electron chi connectivity index (χ1n) is 8.10. The van der Waals surface area contributed by atoms with Crippen LogP contribution in [0.25, 0.3) is 16.9 Å². The number of ether oxygens (including phenoxy) is 1. The van der Waals surface area contributed by atoms with Gasteiger partial charge >= 0.3 is 0 Å². The van der Waals surface area contributed by atoms with E-state index in [2.05, 4.69) is 19.8 Å². The molecule has 0 amide bonds. The van der Waals surface area contributed by atoms with Crippen LogP contribution in [0.2, 0.25) is 0 Å². The highest BCUT2D eigenvalue weighted by Crippen LogP contribution is 2.19. The van der Waals surface area contributed by atoms with Gasteiger partial charge in [0.05, 0.1) is 24.2 Å². The van der Waals surface area contributed by atoms with Gasteiger partial charge in [0.25, 0.3) is 10.0 Å². The summed E-state index contributed by atoms with van der Waals surface area (Å²) < 4.78 is 47.8. The molecule has 1 fully saturated rings. The minimum atomic E-state index is -3.82. The normalized spacial score (nSPS) is 17.8. The lowest BCUT2D eigenvalue weighted by molar-refractivity contribution is 0.114. The maximum Gasteiger partial charge on any atom is 0.259 e. The Labute approximate surface area is 149 Å². The molecule has 3 aromatic rings. The smallest absolute Gasteiger partial charge is 0.259 e. The van der Waals surface area contributed by atoms with E-state index in [0.717, 1.165) is 19.0 Å². The van der Waals surface area contributed by atoms with Gasteiger partial charge in [-0.25, -0.2) is 27.0 Å². The lowest BCUT2D eigenvalue weighted by Crippen LogP contribution is -2.32. The molecule has 1 unspecified atom stereocenters. The zero-order chi connectivity index (χ0) is 18.1. The Morgan fingerprint density at radius 1 is 1.31 bits per heavy atom. The number of sulfonamides is 1. The van der Waals surface area contributed by atoms with Gasteiger partial charge in [-0.15, -0.1) is 0 Å². The second-order valence-electron chi connectivity index (χ2n) is 5.96. The summed E-state index contributed by atoms with van der Waals surface area (Å²) in [5.74, 6) is -0.499. The molecule has 1 saturated heterocycles. The number of hydrogen-bond donors (Lipinski definition) is 1. The predicted octanol–water partition coefficient (Wildman–Crippen LogP) is 1.39. The van der Waals surface area contributed by atoms with Gasteiger partial charge in [0.1, 0.15) is 5.82 Å². The molecular formula is C16H16FN5O3S. The number of hydrogen-bond acceptors (Lipinski definition) is 6. The fourth-order valence-corrected chi connectivity index (χ4v) is 3.93. The molecule has 1 atom stereocenters. The quantitative estimate of drug-likeness (QED) is 0.721. The average Bonchev–Trinajstić information content (AvgIpc) is 3.29. The monoisotopic (exact) mass is 377 g/mol. The standard InChI is InChI=1S/C16H16FN5O3S/c17-12-6-11(7-18-8-12)14-3-4-15-19-10-16(22(15)21-14)26(23,24)20-9-13-2-1-5-25-13/h3-4,6-8,10,13,20H,1-2,5,9H2. The van der Waals surface area contributed by atoms with Gasteiger partial charge in [-0.3, -0.25) is 4.98 Å². The van der Waals surface area contributed by atoms with Gasteiger partial charge in [-0.2, -0.15) is 5.10 Å². The van der Waals surface area contributed by atoms with Crippen LogP contribution in [0.5, 0.6) is 0 Å². The van der Waals surface area contributed by atoms with Gasteiger partial charge in [-0.05, 0) is 31.0 Å². The van der Waals surface area contributed by atoms with E-state index in [4.69, 9.17) is 4.74 Å². The summed E-state index contributed by atoms with van der Waals surface area (Å²) in [4.78, 5) is 7.87. The fourth-order valence-electron chi connectivity index (χ4n) is 2.82. The van der Waals surface area contributed by atoms with Crippen molar-refractivity contribution in [2.45, 2.75) is 24.0 Å². The van der Waals surface area contributed by atoms with Crippen LogP contribution in [0.15, 0.2) is 41.8 Å². The molecule has 8 nitrogen and oxygen atoms in total. The molecule has 3 aromatic heterocycles. The number of fused-ring (bicyclic) bond motifs is 1. The molecule has 4 heterocycles. The van der Waals surface area contributed by atoms with Crippen LogP contribution in [-0.2, 0) is 14.8 Å². The van der Waals surface area contributed by atoms with E-state index < -0.39 is 15.8 Å². The summed E-state index contributed by atoms with van der Waals surface area (Å²) >= 11 is 0. The SMILES string of the molecule is O=S(=O)(NCC1CCCO1)c1cnc2ccc(-c3cncc(F)c3)nn12. The van der Waals surface area contributed by atoms with Crippen LogP contribution in [0.1, 0.15) is 12.8 Å². The van der Waals surface area contributed by atoms with Gasteiger partial charge in [0.2, 0.25) is 0 Å². The Bertz CT molecular complexity index is 1050. The third-order valence-corrected chi connectivity index (χ3v) is 5.51. The van der Waals surface area contributed by atoms with Crippen molar-refractivity contribution >= 4 is 15.7 Å². The van der Waals surface area contributed by atoms with Crippen molar-refractivity contribution in [1.29, 1.82) is 0 Å². The van der Waals surface area contributed by atoms with Crippen LogP contribution in [0, 0.1) is 5.82 Å². The summed E-state index contributed by atoms with van der Waals surface area (Å²) in [6.45, 7) is 0.845. The highest BCUT2D eigenvalue weighted by atomic mass is 32.2. The zero-order valence-electron chi connectivity index (χ0n) is 13.7. The highest BCUT2D eigenvalue weighted by Gasteiger charge is 2.24. The molecule has 0 saturated carbocycles. The Hall–Kier alpha value is -2.43. The van der Waals surface area contributed by atoms with E-state index in [1.165, 1.54) is 23.0 Å². The summed E-state index contributed by atoms with van der Waals surface area (Å²) in [5, 5.41) is 4.20. The summed E-state index contributed by atoms with van der Waals surface area (Å²) in [7, 11) is -3.82. The first-order valence-corrected chi connectivity index (χ1v) is 9.58. The minimum absolute atomic E-state index is 0.0864. The van der Waals surface area contributed by atoms with E-state index in [0.29, 0.717) is 23.5 Å². The maximum absolute atomic E-state index is 13.4. The Morgan fingerprint density at radius 2 is 2.19 bits per heavy atom. The highest BCUT2D eigenvalue weighted by molar-refractivity contribution is 7.89. The predicted molar refractivity (Wildman–Crippen MR) is 90.3 cm³/mol.